The Morgan fingerprint density at radius 1 is 1.18 bits per heavy atom. The first-order valence-corrected chi connectivity index (χ1v) is 10.6. The number of halogens is 1. The molecule has 0 radical (unpaired) electrons. The number of rotatable bonds is 6. The van der Waals surface area contributed by atoms with E-state index in [0.29, 0.717) is 37.2 Å². The number of para-hydroxylation sites is 1. The van der Waals surface area contributed by atoms with E-state index >= 15 is 0 Å². The molecular formula is C21H23FN2O3S. The van der Waals surface area contributed by atoms with Crippen LogP contribution in [0.1, 0.15) is 41.6 Å². The van der Waals surface area contributed by atoms with Gasteiger partial charge in [-0.2, -0.15) is 0 Å². The van der Waals surface area contributed by atoms with Gasteiger partial charge in [-0.15, -0.1) is 12.3 Å². The number of anilines is 1. The quantitative estimate of drug-likeness (QED) is 0.568. The highest BCUT2D eigenvalue weighted by atomic mass is 32.2. The molecule has 5 nitrogen and oxygen atoms in total. The van der Waals surface area contributed by atoms with Gasteiger partial charge < -0.3 is 0 Å². The van der Waals surface area contributed by atoms with Crippen molar-refractivity contribution in [2.24, 2.45) is 0 Å². The standard InChI is InChI=1S/C21H23FN2O3S/c1-2-5-21(19-6-3-4-7-20(19)23-25)28(26,27)24-14-12-17(13-15-24)16-8-10-18(22)11-9-16/h1,3-4,6-11,17,21,23,25H,5,12-15H2. The summed E-state index contributed by atoms with van der Waals surface area (Å²) in [4.78, 5) is 0. The van der Waals surface area contributed by atoms with Gasteiger partial charge in [-0.3, -0.25) is 10.7 Å². The molecular weight excluding hydrogens is 379 g/mol. The third kappa shape index (κ3) is 4.20. The van der Waals surface area contributed by atoms with Crippen LogP contribution < -0.4 is 5.48 Å². The van der Waals surface area contributed by atoms with Crippen molar-refractivity contribution in [3.63, 3.8) is 0 Å². The van der Waals surface area contributed by atoms with E-state index in [1.54, 1.807) is 36.4 Å². The second-order valence-corrected chi connectivity index (χ2v) is 8.98. The van der Waals surface area contributed by atoms with Gasteiger partial charge in [0.15, 0.2) is 0 Å². The number of nitrogens with one attached hydrogen (secondary N) is 1. The molecule has 1 heterocycles. The smallest absolute Gasteiger partial charge is 0.222 e. The monoisotopic (exact) mass is 402 g/mol. The summed E-state index contributed by atoms with van der Waals surface area (Å²) in [5, 5.41) is 8.42. The Hall–Kier alpha value is -2.40. The van der Waals surface area contributed by atoms with E-state index in [4.69, 9.17) is 6.42 Å². The molecule has 28 heavy (non-hydrogen) atoms. The first-order chi connectivity index (χ1) is 13.5. The summed E-state index contributed by atoms with van der Waals surface area (Å²) in [6.45, 7) is 0.750. The van der Waals surface area contributed by atoms with Crippen LogP contribution in [0.4, 0.5) is 10.1 Å². The molecule has 1 aliphatic rings. The van der Waals surface area contributed by atoms with Crippen LogP contribution in [0.25, 0.3) is 0 Å². The minimum absolute atomic E-state index is 0.0128. The second-order valence-electron chi connectivity index (χ2n) is 6.87. The molecule has 1 saturated heterocycles. The number of piperidine rings is 1. The molecule has 1 aliphatic heterocycles. The fourth-order valence-corrected chi connectivity index (χ4v) is 5.63. The fraction of sp³-hybridized carbons (Fsp3) is 0.333. The minimum Gasteiger partial charge on any atom is -0.291 e. The average molecular weight is 402 g/mol. The molecule has 2 aromatic carbocycles. The van der Waals surface area contributed by atoms with Gasteiger partial charge in [0, 0.05) is 19.5 Å². The molecule has 0 aromatic heterocycles. The van der Waals surface area contributed by atoms with Crippen molar-refractivity contribution in [2.45, 2.75) is 30.4 Å². The molecule has 2 N–H and O–H groups in total. The maximum Gasteiger partial charge on any atom is 0.222 e. The number of benzene rings is 2. The van der Waals surface area contributed by atoms with Crippen LogP contribution in [-0.2, 0) is 10.0 Å². The Balaban J connectivity index is 1.79. The Kier molecular flexibility index (Phi) is 6.35. The van der Waals surface area contributed by atoms with Gasteiger partial charge in [0.2, 0.25) is 10.0 Å². The lowest BCUT2D eigenvalue weighted by Crippen LogP contribution is -2.40. The summed E-state index contributed by atoms with van der Waals surface area (Å²) in [5.41, 5.74) is 3.86. The van der Waals surface area contributed by atoms with E-state index in [1.165, 1.54) is 16.4 Å². The number of sulfonamides is 1. The lowest BCUT2D eigenvalue weighted by molar-refractivity contribution is 0.316. The molecule has 7 heteroatoms. The topological polar surface area (TPSA) is 69.6 Å². The van der Waals surface area contributed by atoms with Crippen molar-refractivity contribution >= 4 is 15.7 Å². The van der Waals surface area contributed by atoms with Crippen molar-refractivity contribution in [1.29, 1.82) is 0 Å². The van der Waals surface area contributed by atoms with Crippen LogP contribution in [0, 0.1) is 18.2 Å². The molecule has 1 unspecified atom stereocenters. The molecule has 1 fully saturated rings. The largest absolute Gasteiger partial charge is 0.291 e. The van der Waals surface area contributed by atoms with Crippen LogP contribution in [0.2, 0.25) is 0 Å². The molecule has 2 aromatic rings. The summed E-state index contributed by atoms with van der Waals surface area (Å²) >= 11 is 0. The summed E-state index contributed by atoms with van der Waals surface area (Å²) in [7, 11) is -3.70. The van der Waals surface area contributed by atoms with Crippen LogP contribution >= 0.6 is 0 Å². The van der Waals surface area contributed by atoms with Gasteiger partial charge in [-0.1, -0.05) is 30.3 Å². The zero-order valence-corrected chi connectivity index (χ0v) is 16.2. The lowest BCUT2D eigenvalue weighted by atomic mass is 9.90. The molecule has 148 valence electrons. The van der Waals surface area contributed by atoms with Crippen LogP contribution in [-0.4, -0.2) is 31.0 Å². The van der Waals surface area contributed by atoms with Gasteiger partial charge in [0.05, 0.1) is 5.69 Å². The third-order valence-electron chi connectivity index (χ3n) is 5.25. The van der Waals surface area contributed by atoms with Crippen LogP contribution in [0.3, 0.4) is 0 Å². The third-order valence-corrected chi connectivity index (χ3v) is 7.47. The maximum atomic E-state index is 13.3. The molecule has 0 amide bonds. The van der Waals surface area contributed by atoms with Crippen molar-refractivity contribution in [2.75, 3.05) is 18.6 Å². The summed E-state index contributed by atoms with van der Waals surface area (Å²) in [6, 6.07) is 13.1. The average Bonchev–Trinajstić information content (AvgIpc) is 2.72. The predicted octanol–water partition coefficient (Wildman–Crippen LogP) is 3.90. The van der Waals surface area contributed by atoms with E-state index in [-0.39, 0.29) is 18.2 Å². The Morgan fingerprint density at radius 3 is 2.43 bits per heavy atom. The van der Waals surface area contributed by atoms with Crippen LogP contribution in [0.15, 0.2) is 48.5 Å². The Labute approximate surface area is 165 Å². The summed E-state index contributed by atoms with van der Waals surface area (Å²) in [6.07, 6.45) is 6.78. The van der Waals surface area contributed by atoms with Crippen molar-refractivity contribution in [3.05, 3.63) is 65.5 Å². The Morgan fingerprint density at radius 2 is 1.82 bits per heavy atom. The van der Waals surface area contributed by atoms with E-state index in [1.807, 2.05) is 0 Å². The second kappa shape index (κ2) is 8.74. The van der Waals surface area contributed by atoms with E-state index in [2.05, 4.69) is 11.4 Å². The van der Waals surface area contributed by atoms with E-state index in [0.717, 1.165) is 5.56 Å². The fourth-order valence-electron chi connectivity index (χ4n) is 3.72. The minimum atomic E-state index is -3.70. The van der Waals surface area contributed by atoms with Crippen molar-refractivity contribution in [3.8, 4) is 12.3 Å². The Bertz CT molecular complexity index is 946. The number of nitrogens with zero attached hydrogens (tertiary/aromatic N) is 1. The predicted molar refractivity (Wildman–Crippen MR) is 107 cm³/mol. The molecule has 0 saturated carbocycles. The van der Waals surface area contributed by atoms with E-state index in [9.17, 15) is 18.0 Å². The molecule has 3 rings (SSSR count). The molecule has 0 spiro atoms. The number of hydrogen-bond donors (Lipinski definition) is 2. The number of hydrogen-bond acceptors (Lipinski definition) is 4. The van der Waals surface area contributed by atoms with Gasteiger partial charge in [-0.25, -0.2) is 17.1 Å². The van der Waals surface area contributed by atoms with E-state index < -0.39 is 15.3 Å². The summed E-state index contributed by atoms with van der Waals surface area (Å²) in [5.74, 6) is 2.37. The first kappa shape index (κ1) is 20.3. The molecule has 0 bridgehead atoms. The zero-order valence-electron chi connectivity index (χ0n) is 15.4. The van der Waals surface area contributed by atoms with Gasteiger partial charge in [0.25, 0.3) is 0 Å². The SMILES string of the molecule is C#CCC(c1ccccc1NO)S(=O)(=O)N1CCC(c2ccc(F)cc2)CC1. The molecule has 1 atom stereocenters. The first-order valence-electron chi connectivity index (χ1n) is 9.14. The zero-order chi connectivity index (χ0) is 20.1. The van der Waals surface area contributed by atoms with Crippen molar-refractivity contribution < 1.29 is 18.0 Å². The highest BCUT2D eigenvalue weighted by Gasteiger charge is 2.36. The maximum absolute atomic E-state index is 13.3. The molecule has 0 aliphatic carbocycles. The van der Waals surface area contributed by atoms with Gasteiger partial charge >= 0.3 is 0 Å². The van der Waals surface area contributed by atoms with Crippen LogP contribution in [0.5, 0.6) is 0 Å². The van der Waals surface area contributed by atoms with Gasteiger partial charge in [0.1, 0.15) is 11.1 Å². The highest BCUT2D eigenvalue weighted by molar-refractivity contribution is 7.89. The number of terminal acetylenes is 1. The lowest BCUT2D eigenvalue weighted by Gasteiger charge is -2.34. The normalized spacial score (nSPS) is 17.0. The van der Waals surface area contributed by atoms with Crippen molar-refractivity contribution in [1.82, 2.24) is 4.31 Å². The van der Waals surface area contributed by atoms with Gasteiger partial charge in [-0.05, 0) is 48.1 Å². The highest BCUT2D eigenvalue weighted by Crippen LogP contribution is 2.36. The summed E-state index contributed by atoms with van der Waals surface area (Å²) < 4.78 is 41.2.